The number of carbonyl (C=O) groups is 1. The molecule has 6 heterocycles. The Bertz CT molecular complexity index is 2540. The number of hydrogen-bond donors (Lipinski definition) is 3. The zero-order valence-electron chi connectivity index (χ0n) is 37.6. The molecule has 2 fully saturated rings. The maximum absolute atomic E-state index is 11.9. The van der Waals surface area contributed by atoms with E-state index in [1.165, 1.54) is 44.8 Å². The minimum Gasteiger partial charge on any atom is -0.399 e. The van der Waals surface area contributed by atoms with Crippen LogP contribution in [0.1, 0.15) is 43.0 Å². The Morgan fingerprint density at radius 3 is 1.82 bits per heavy atom. The van der Waals surface area contributed by atoms with Crippen molar-refractivity contribution < 1.29 is 14.3 Å². The highest BCUT2D eigenvalue weighted by Gasteiger charge is 2.29. The number of amides is 2. The lowest BCUT2D eigenvalue weighted by molar-refractivity contribution is 0.0988. The molecule has 2 aromatic heterocycles. The standard InChI is InChI=1S/C27H32N6O2.C24H27N5O/c1-3-28-27(34)31-23-7-5-20(6-8-23)21-15-22-17-32(26-29-10-4-11-30-26)12-9-24(22)25(16-21)33-13-14-35-18-19(33)2;1-17-16-30-11-10-29(17)23-13-19(18-2-4-21(25)5-3-18)12-20-15-28(9-6-22(20)23)24-14-26-7-8-27-24/h4-8,10-11,15-16,19H,3,9,12-14,17-18H2,1-2H3,(H2,28,31,34);2-5,7-8,12-14,17H,6,9-11,15-16,25H2,1H3/t19-;17-/m00/s1. The summed E-state index contributed by atoms with van der Waals surface area (Å²) in [5, 5.41) is 5.63. The van der Waals surface area contributed by atoms with Crippen LogP contribution < -0.4 is 36.0 Å². The predicted octanol–water partition coefficient (Wildman–Crippen LogP) is 7.59. The zero-order valence-corrected chi connectivity index (χ0v) is 37.6. The first-order valence-electron chi connectivity index (χ1n) is 22.9. The molecule has 6 aromatic rings. The van der Waals surface area contributed by atoms with E-state index in [4.69, 9.17) is 15.2 Å². The number of nitrogens with zero attached hydrogens (tertiary/aromatic N) is 8. The first kappa shape index (κ1) is 43.5. The maximum Gasteiger partial charge on any atom is 0.319 e. The average molecular weight is 874 g/mol. The normalized spacial score (nSPS) is 18.2. The maximum atomic E-state index is 11.9. The Morgan fingerprint density at radius 2 is 1.26 bits per heavy atom. The highest BCUT2D eigenvalue weighted by molar-refractivity contribution is 5.89. The van der Waals surface area contributed by atoms with Crippen LogP contribution in [0.15, 0.2) is 110 Å². The quantitative estimate of drug-likeness (QED) is 0.129. The van der Waals surface area contributed by atoms with E-state index >= 15 is 0 Å². The van der Waals surface area contributed by atoms with Gasteiger partial charge in [0.05, 0.1) is 32.6 Å². The van der Waals surface area contributed by atoms with Crippen molar-refractivity contribution in [1.82, 2.24) is 25.3 Å². The van der Waals surface area contributed by atoms with E-state index < -0.39 is 0 Å². The number of anilines is 6. The van der Waals surface area contributed by atoms with Crippen LogP contribution in [0, 0.1) is 0 Å². The van der Waals surface area contributed by atoms with Gasteiger partial charge in [-0.2, -0.15) is 0 Å². The zero-order chi connectivity index (χ0) is 44.7. The first-order chi connectivity index (χ1) is 31.8. The van der Waals surface area contributed by atoms with Gasteiger partial charge in [-0.05, 0) is 133 Å². The van der Waals surface area contributed by atoms with Crippen LogP contribution in [0.4, 0.5) is 39.3 Å². The minimum absolute atomic E-state index is 0.194. The Labute approximate surface area is 381 Å². The van der Waals surface area contributed by atoms with E-state index in [0.29, 0.717) is 18.6 Å². The molecule has 0 spiro atoms. The third kappa shape index (κ3) is 9.98. The van der Waals surface area contributed by atoms with Crippen molar-refractivity contribution in [3.63, 3.8) is 0 Å². The summed E-state index contributed by atoms with van der Waals surface area (Å²) in [7, 11) is 0. The number of morpholine rings is 2. The van der Waals surface area contributed by atoms with Gasteiger partial charge in [0.25, 0.3) is 0 Å². The third-order valence-electron chi connectivity index (χ3n) is 12.7. The van der Waals surface area contributed by atoms with Crippen LogP contribution in [0.2, 0.25) is 0 Å². The van der Waals surface area contributed by atoms with Crippen molar-refractivity contribution in [2.75, 3.05) is 89.8 Å². The summed E-state index contributed by atoms with van der Waals surface area (Å²) < 4.78 is 11.4. The van der Waals surface area contributed by atoms with E-state index in [0.717, 1.165) is 113 Å². The second kappa shape index (κ2) is 20.0. The molecule has 4 aliphatic heterocycles. The van der Waals surface area contributed by atoms with Crippen molar-refractivity contribution in [3.8, 4) is 22.3 Å². The lowest BCUT2D eigenvalue weighted by atomic mass is 9.91. The number of ether oxygens (including phenoxy) is 2. The van der Waals surface area contributed by atoms with Gasteiger partial charge < -0.3 is 45.4 Å². The Hall–Kier alpha value is -6.77. The predicted molar refractivity (Wildman–Crippen MR) is 260 cm³/mol. The van der Waals surface area contributed by atoms with Gasteiger partial charge in [0.2, 0.25) is 5.95 Å². The van der Waals surface area contributed by atoms with Crippen LogP contribution in [-0.4, -0.2) is 97.2 Å². The van der Waals surface area contributed by atoms with Crippen molar-refractivity contribution >= 4 is 40.5 Å². The molecule has 10 rings (SSSR count). The molecular weight excluding hydrogens is 815 g/mol. The molecule has 4 N–H and O–H groups in total. The molecule has 65 heavy (non-hydrogen) atoms. The largest absolute Gasteiger partial charge is 0.399 e. The number of nitrogens with one attached hydrogen (secondary N) is 2. The summed E-state index contributed by atoms with van der Waals surface area (Å²) in [6.45, 7) is 15.2. The monoisotopic (exact) mass is 873 g/mol. The fourth-order valence-corrected chi connectivity index (χ4v) is 9.40. The highest BCUT2D eigenvalue weighted by atomic mass is 16.5. The summed E-state index contributed by atoms with van der Waals surface area (Å²) in [6, 6.07) is 27.8. The minimum atomic E-state index is -0.194. The van der Waals surface area contributed by atoms with E-state index in [-0.39, 0.29) is 6.03 Å². The van der Waals surface area contributed by atoms with Crippen LogP contribution in [0.25, 0.3) is 22.3 Å². The van der Waals surface area contributed by atoms with Crippen molar-refractivity contribution in [1.29, 1.82) is 0 Å². The van der Waals surface area contributed by atoms with E-state index in [1.807, 2.05) is 43.5 Å². The van der Waals surface area contributed by atoms with Crippen LogP contribution in [0.5, 0.6) is 0 Å². The van der Waals surface area contributed by atoms with Gasteiger partial charge >= 0.3 is 6.03 Å². The van der Waals surface area contributed by atoms with Gasteiger partial charge in [-0.15, -0.1) is 0 Å². The second-order valence-electron chi connectivity index (χ2n) is 17.1. The molecule has 0 saturated carbocycles. The van der Waals surface area contributed by atoms with E-state index in [9.17, 15) is 4.79 Å². The molecule has 0 bridgehead atoms. The van der Waals surface area contributed by atoms with Crippen LogP contribution >= 0.6 is 0 Å². The molecule has 2 atom stereocenters. The fourth-order valence-electron chi connectivity index (χ4n) is 9.40. The second-order valence-corrected chi connectivity index (χ2v) is 17.1. The van der Waals surface area contributed by atoms with Crippen LogP contribution in [-0.2, 0) is 35.4 Å². The highest BCUT2D eigenvalue weighted by Crippen LogP contribution is 2.39. The van der Waals surface area contributed by atoms with Crippen molar-refractivity contribution in [2.24, 2.45) is 0 Å². The van der Waals surface area contributed by atoms with Crippen LogP contribution in [0.3, 0.4) is 0 Å². The van der Waals surface area contributed by atoms with E-state index in [1.54, 1.807) is 24.8 Å². The van der Waals surface area contributed by atoms with Gasteiger partial charge in [-0.1, -0.05) is 24.3 Å². The SMILES string of the molecule is CCNC(=O)Nc1ccc(-c2cc3c(c(N4CCOC[C@@H]4C)c2)CCN(c2ncccn2)C3)cc1.C[C@H]1COCCN1c1cc(-c2ccc(N)cc2)cc2c1CCN(c1cnccn1)C2. The molecule has 0 radical (unpaired) electrons. The molecule has 4 aromatic carbocycles. The fraction of sp³-hybridized carbons (Fsp3) is 0.353. The molecule has 14 heteroatoms. The number of aromatic nitrogens is 4. The molecular formula is C51H59N11O3. The average Bonchev–Trinajstić information content (AvgIpc) is 3.34. The lowest BCUT2D eigenvalue weighted by Gasteiger charge is -2.39. The number of fused-ring (bicyclic) bond motifs is 2. The van der Waals surface area contributed by atoms with Gasteiger partial charge in [0.15, 0.2) is 0 Å². The molecule has 14 nitrogen and oxygen atoms in total. The Morgan fingerprint density at radius 1 is 0.692 bits per heavy atom. The Balaban J connectivity index is 0.000000166. The summed E-state index contributed by atoms with van der Waals surface area (Å²) in [5.74, 6) is 1.70. The molecule has 336 valence electrons. The smallest absolute Gasteiger partial charge is 0.319 e. The number of benzene rings is 4. The lowest BCUT2D eigenvalue weighted by Crippen LogP contribution is -2.45. The van der Waals surface area contributed by atoms with Gasteiger partial charge in [0.1, 0.15) is 5.82 Å². The molecule has 0 unspecified atom stereocenters. The topological polar surface area (TPSA) is 150 Å². The van der Waals surface area contributed by atoms with Gasteiger partial charge in [0, 0.05) is 105 Å². The number of nitrogen functional groups attached to an aromatic ring is 1. The molecule has 0 aliphatic carbocycles. The number of nitrogens with two attached hydrogens (primary N) is 1. The first-order valence-corrected chi connectivity index (χ1v) is 22.9. The van der Waals surface area contributed by atoms with Gasteiger partial charge in [-0.3, -0.25) is 4.98 Å². The van der Waals surface area contributed by atoms with Gasteiger partial charge in [-0.25, -0.2) is 19.7 Å². The summed E-state index contributed by atoms with van der Waals surface area (Å²) in [4.78, 5) is 39.2. The third-order valence-corrected chi connectivity index (χ3v) is 12.7. The summed E-state index contributed by atoms with van der Waals surface area (Å²) in [6.07, 6.45) is 10.9. The number of carbonyl (C=O) groups excluding carboxylic acids is 1. The summed E-state index contributed by atoms with van der Waals surface area (Å²) >= 11 is 0. The molecule has 2 saturated heterocycles. The van der Waals surface area contributed by atoms with Crippen molar-refractivity contribution in [3.05, 3.63) is 132 Å². The molecule has 2 amide bonds. The molecule has 4 aliphatic rings. The number of urea groups is 1. The van der Waals surface area contributed by atoms with E-state index in [2.05, 4.69) is 113 Å². The number of hydrogen-bond acceptors (Lipinski definition) is 12. The Kier molecular flexibility index (Phi) is 13.3. The summed E-state index contributed by atoms with van der Waals surface area (Å²) in [5.41, 5.74) is 20.3. The van der Waals surface area contributed by atoms with Crippen molar-refractivity contribution in [2.45, 2.75) is 58.8 Å². The number of rotatable bonds is 8.